The molecule has 0 spiro atoms. The highest BCUT2D eigenvalue weighted by atomic mass is 35.5. The maximum absolute atomic E-state index is 12.6. The Balaban J connectivity index is 0.00000338. The highest BCUT2D eigenvalue weighted by Gasteiger charge is 2.19. The van der Waals surface area contributed by atoms with E-state index in [1.54, 1.807) is 29.2 Å². The SMILES string of the molecule is CCN(CC)C(=O)c1cccc(NC(=O)C(CN)c2ccccc2)c1.Cl. The molecule has 0 saturated heterocycles. The molecule has 0 aromatic heterocycles. The van der Waals surface area contributed by atoms with E-state index in [0.717, 1.165) is 5.56 Å². The van der Waals surface area contributed by atoms with E-state index in [1.165, 1.54) is 0 Å². The van der Waals surface area contributed by atoms with Crippen molar-refractivity contribution in [1.29, 1.82) is 0 Å². The van der Waals surface area contributed by atoms with Gasteiger partial charge in [-0.05, 0) is 37.6 Å². The fourth-order valence-corrected chi connectivity index (χ4v) is 2.73. The molecule has 5 nitrogen and oxygen atoms in total. The van der Waals surface area contributed by atoms with E-state index >= 15 is 0 Å². The Kier molecular flexibility index (Phi) is 8.82. The summed E-state index contributed by atoms with van der Waals surface area (Å²) >= 11 is 0. The molecule has 0 radical (unpaired) electrons. The fourth-order valence-electron chi connectivity index (χ4n) is 2.73. The Labute approximate surface area is 161 Å². The van der Waals surface area contributed by atoms with Crippen LogP contribution in [0.3, 0.4) is 0 Å². The van der Waals surface area contributed by atoms with Gasteiger partial charge in [0.05, 0.1) is 5.92 Å². The first-order valence-corrected chi connectivity index (χ1v) is 8.55. The molecule has 2 aromatic rings. The number of carbonyl (C=O) groups is 2. The van der Waals surface area contributed by atoms with Crippen molar-refractivity contribution in [2.75, 3.05) is 25.0 Å². The van der Waals surface area contributed by atoms with Gasteiger partial charge in [-0.15, -0.1) is 12.4 Å². The van der Waals surface area contributed by atoms with Gasteiger partial charge < -0.3 is 16.0 Å². The molecule has 0 aliphatic heterocycles. The van der Waals surface area contributed by atoms with Crippen molar-refractivity contribution in [3.8, 4) is 0 Å². The number of hydrogen-bond acceptors (Lipinski definition) is 3. The summed E-state index contributed by atoms with van der Waals surface area (Å²) in [4.78, 5) is 26.8. The summed E-state index contributed by atoms with van der Waals surface area (Å²) in [5.74, 6) is -0.649. The number of anilines is 1. The van der Waals surface area contributed by atoms with Gasteiger partial charge in [-0.3, -0.25) is 9.59 Å². The third-order valence-electron chi connectivity index (χ3n) is 4.18. The first kappa shape index (κ1) is 21.7. The molecular formula is C20H26ClN3O2. The number of halogens is 1. The number of rotatable bonds is 7. The van der Waals surface area contributed by atoms with Crippen molar-refractivity contribution in [3.05, 3.63) is 65.7 Å². The third-order valence-corrected chi connectivity index (χ3v) is 4.18. The Bertz CT molecular complexity index is 718. The zero-order valence-corrected chi connectivity index (χ0v) is 16.0. The molecule has 2 rings (SSSR count). The van der Waals surface area contributed by atoms with E-state index in [1.807, 2.05) is 44.2 Å². The molecule has 6 heteroatoms. The number of benzene rings is 2. The lowest BCUT2D eigenvalue weighted by atomic mass is 9.98. The maximum Gasteiger partial charge on any atom is 0.253 e. The van der Waals surface area contributed by atoms with Gasteiger partial charge in [0.15, 0.2) is 0 Å². The highest BCUT2D eigenvalue weighted by molar-refractivity contribution is 5.99. The quantitative estimate of drug-likeness (QED) is 0.779. The van der Waals surface area contributed by atoms with Crippen molar-refractivity contribution in [3.63, 3.8) is 0 Å². The number of hydrogen-bond donors (Lipinski definition) is 2. The molecule has 0 fully saturated rings. The van der Waals surface area contributed by atoms with Crippen LogP contribution in [0.2, 0.25) is 0 Å². The number of amides is 2. The summed E-state index contributed by atoms with van der Waals surface area (Å²) in [6, 6.07) is 16.4. The lowest BCUT2D eigenvalue weighted by molar-refractivity contribution is -0.117. The second-order valence-corrected chi connectivity index (χ2v) is 5.75. The molecule has 26 heavy (non-hydrogen) atoms. The van der Waals surface area contributed by atoms with Gasteiger partial charge in [-0.1, -0.05) is 36.4 Å². The average molecular weight is 376 g/mol. The van der Waals surface area contributed by atoms with Crippen LogP contribution in [-0.2, 0) is 4.79 Å². The lowest BCUT2D eigenvalue weighted by Gasteiger charge is -2.19. The molecule has 0 saturated carbocycles. The molecule has 140 valence electrons. The van der Waals surface area contributed by atoms with Gasteiger partial charge in [0.25, 0.3) is 5.91 Å². The van der Waals surface area contributed by atoms with Crippen LogP contribution in [-0.4, -0.2) is 36.3 Å². The standard InChI is InChI=1S/C20H25N3O2.ClH/c1-3-23(4-2)20(25)16-11-8-12-17(13-16)22-19(24)18(14-21)15-9-6-5-7-10-15;/h5-13,18H,3-4,14,21H2,1-2H3,(H,22,24);1H. The maximum atomic E-state index is 12.6. The Hall–Kier alpha value is -2.37. The predicted molar refractivity (Wildman–Crippen MR) is 108 cm³/mol. The molecule has 1 atom stereocenters. The summed E-state index contributed by atoms with van der Waals surface area (Å²) < 4.78 is 0. The zero-order chi connectivity index (χ0) is 18.2. The fraction of sp³-hybridized carbons (Fsp3) is 0.300. The second kappa shape index (κ2) is 10.6. The van der Waals surface area contributed by atoms with Crippen LogP contribution in [0.4, 0.5) is 5.69 Å². The van der Waals surface area contributed by atoms with Crippen molar-refractivity contribution < 1.29 is 9.59 Å². The van der Waals surface area contributed by atoms with Gasteiger partial charge >= 0.3 is 0 Å². The van der Waals surface area contributed by atoms with Crippen LogP contribution in [0.5, 0.6) is 0 Å². The molecule has 1 unspecified atom stereocenters. The highest BCUT2D eigenvalue weighted by Crippen LogP contribution is 2.18. The first-order chi connectivity index (χ1) is 12.1. The average Bonchev–Trinajstić information content (AvgIpc) is 2.64. The Morgan fingerprint density at radius 2 is 1.69 bits per heavy atom. The number of carbonyl (C=O) groups excluding carboxylic acids is 2. The van der Waals surface area contributed by atoms with Crippen molar-refractivity contribution in [1.82, 2.24) is 4.90 Å². The molecule has 0 bridgehead atoms. The largest absolute Gasteiger partial charge is 0.339 e. The van der Waals surface area contributed by atoms with Crippen molar-refractivity contribution >= 4 is 29.9 Å². The Morgan fingerprint density at radius 1 is 1.04 bits per heavy atom. The minimum Gasteiger partial charge on any atom is -0.339 e. The van der Waals surface area contributed by atoms with Gasteiger partial charge in [-0.25, -0.2) is 0 Å². The van der Waals surface area contributed by atoms with Crippen molar-refractivity contribution in [2.24, 2.45) is 5.73 Å². The van der Waals surface area contributed by atoms with Crippen LogP contribution < -0.4 is 11.1 Å². The summed E-state index contributed by atoms with van der Waals surface area (Å²) in [5.41, 5.74) is 7.82. The minimum absolute atomic E-state index is 0. The van der Waals surface area contributed by atoms with Crippen LogP contribution in [0.1, 0.15) is 35.7 Å². The molecule has 0 heterocycles. The molecule has 0 aliphatic rings. The molecule has 2 amide bonds. The first-order valence-electron chi connectivity index (χ1n) is 8.55. The van der Waals surface area contributed by atoms with Gasteiger partial charge in [-0.2, -0.15) is 0 Å². The van der Waals surface area contributed by atoms with Gasteiger partial charge in [0.1, 0.15) is 0 Å². The van der Waals surface area contributed by atoms with Crippen LogP contribution in [0, 0.1) is 0 Å². The van der Waals surface area contributed by atoms with Crippen LogP contribution >= 0.6 is 12.4 Å². The molecular weight excluding hydrogens is 350 g/mol. The summed E-state index contributed by atoms with van der Waals surface area (Å²) in [6.07, 6.45) is 0. The van der Waals surface area contributed by atoms with Gasteiger partial charge in [0.2, 0.25) is 5.91 Å². The Morgan fingerprint density at radius 3 is 2.27 bits per heavy atom. The van der Waals surface area contributed by atoms with E-state index in [2.05, 4.69) is 5.32 Å². The molecule has 0 aliphatic carbocycles. The monoisotopic (exact) mass is 375 g/mol. The molecule has 3 N–H and O–H groups in total. The van der Waals surface area contributed by atoms with E-state index in [-0.39, 0.29) is 30.8 Å². The predicted octanol–water partition coefficient (Wildman–Crippen LogP) is 3.27. The minimum atomic E-state index is -0.427. The lowest BCUT2D eigenvalue weighted by Crippen LogP contribution is -2.30. The summed E-state index contributed by atoms with van der Waals surface area (Å²) in [5, 5.41) is 2.87. The third kappa shape index (κ3) is 5.31. The number of nitrogens with one attached hydrogen (secondary N) is 1. The van der Waals surface area contributed by atoms with E-state index < -0.39 is 5.92 Å². The van der Waals surface area contributed by atoms with Gasteiger partial charge in [0, 0.05) is 30.9 Å². The van der Waals surface area contributed by atoms with E-state index in [4.69, 9.17) is 5.73 Å². The number of nitrogens with two attached hydrogens (primary N) is 1. The van der Waals surface area contributed by atoms with Crippen LogP contribution in [0.25, 0.3) is 0 Å². The van der Waals surface area contributed by atoms with E-state index in [9.17, 15) is 9.59 Å². The zero-order valence-electron chi connectivity index (χ0n) is 15.1. The van der Waals surface area contributed by atoms with E-state index in [0.29, 0.717) is 24.3 Å². The van der Waals surface area contributed by atoms with Crippen molar-refractivity contribution in [2.45, 2.75) is 19.8 Å². The smallest absolute Gasteiger partial charge is 0.253 e. The summed E-state index contributed by atoms with van der Waals surface area (Å²) in [7, 11) is 0. The molecule has 2 aromatic carbocycles. The van der Waals surface area contributed by atoms with Crippen LogP contribution in [0.15, 0.2) is 54.6 Å². The topological polar surface area (TPSA) is 75.4 Å². The normalized spacial score (nSPS) is 11.2. The second-order valence-electron chi connectivity index (χ2n) is 5.75. The summed E-state index contributed by atoms with van der Waals surface area (Å²) in [6.45, 7) is 5.40. The number of nitrogens with zero attached hydrogens (tertiary/aromatic N) is 1.